The number of halogens is 1. The van der Waals surface area contributed by atoms with Crippen LogP contribution in [-0.2, 0) is 21.6 Å². The molecule has 351 valence electrons. The van der Waals surface area contributed by atoms with Gasteiger partial charge in [0.25, 0.3) is 5.56 Å². The number of carboxylic acid groups (broad SMARTS) is 2. The maximum absolute atomic E-state index is 13.0. The Bertz CT molecular complexity index is 3520. The van der Waals surface area contributed by atoms with E-state index in [-0.39, 0.29) is 84.6 Å². The molecule has 0 saturated heterocycles. The number of benzene rings is 7. The summed E-state index contributed by atoms with van der Waals surface area (Å²) in [6, 6.07) is 33.4. The van der Waals surface area contributed by atoms with Crippen LogP contribution in [0.5, 0.6) is 17.2 Å². The van der Waals surface area contributed by atoms with Crippen LogP contribution >= 0.6 is 11.6 Å². The first kappa shape index (κ1) is 50.4. The van der Waals surface area contributed by atoms with E-state index in [0.717, 1.165) is 12.1 Å². The van der Waals surface area contributed by atoms with Gasteiger partial charge in [0.2, 0.25) is 5.91 Å². The number of nitrogens with one attached hydrogen (secondary N) is 2. The third-order valence-electron chi connectivity index (χ3n) is 10.2. The fraction of sp³-hybridized carbons (Fsp3) is 0.0400. The van der Waals surface area contributed by atoms with Crippen LogP contribution in [0.1, 0.15) is 65.2 Å². The minimum Gasteiger partial charge on any atom is -0.871 e. The van der Waals surface area contributed by atoms with Gasteiger partial charge in [0.1, 0.15) is 11.4 Å². The molecule has 8 aromatic rings. The van der Waals surface area contributed by atoms with E-state index in [0.29, 0.717) is 32.9 Å². The zero-order valence-corrected chi connectivity index (χ0v) is 38.1. The van der Waals surface area contributed by atoms with Crippen LogP contribution in [0, 0.1) is 6.92 Å². The number of azo groups is 2. The summed E-state index contributed by atoms with van der Waals surface area (Å²) in [4.78, 5) is 73.3. The van der Waals surface area contributed by atoms with E-state index >= 15 is 0 Å². The first-order chi connectivity index (χ1) is 33.0. The van der Waals surface area contributed by atoms with E-state index in [1.54, 1.807) is 61.5 Å². The van der Waals surface area contributed by atoms with Gasteiger partial charge in [0.15, 0.2) is 17.3 Å². The molecule has 1 aromatic heterocycles. The number of phenols is 1. The van der Waals surface area contributed by atoms with Crippen molar-refractivity contribution in [2.75, 3.05) is 5.32 Å². The molecule has 8 rings (SSSR count). The van der Waals surface area contributed by atoms with E-state index < -0.39 is 40.6 Å². The number of anilines is 1. The van der Waals surface area contributed by atoms with Gasteiger partial charge in [0.05, 0.1) is 39.6 Å². The maximum atomic E-state index is 13.0. The number of nitrogens with zero attached hydrogens (tertiary/aromatic N) is 5. The summed E-state index contributed by atoms with van der Waals surface area (Å²) in [5.41, 5.74) is 0.313. The first-order valence-corrected chi connectivity index (χ1v) is 20.7. The van der Waals surface area contributed by atoms with Gasteiger partial charge in [0, 0.05) is 39.6 Å². The van der Waals surface area contributed by atoms with Crippen molar-refractivity contribution in [2.24, 2.45) is 20.5 Å². The van der Waals surface area contributed by atoms with Gasteiger partial charge in [-0.1, -0.05) is 102 Å². The van der Waals surface area contributed by atoms with Crippen LogP contribution in [0.4, 0.5) is 28.4 Å². The summed E-state index contributed by atoms with van der Waals surface area (Å²) >= 11 is 6.00. The molecular weight excluding hydrogens is 969 g/mol. The largest absolute Gasteiger partial charge is 2.00 e. The Labute approximate surface area is 411 Å². The fourth-order valence-corrected chi connectivity index (χ4v) is 7.05. The van der Waals surface area contributed by atoms with Crippen molar-refractivity contribution in [3.05, 3.63) is 194 Å². The second-order valence-electron chi connectivity index (χ2n) is 14.9. The maximum Gasteiger partial charge on any atom is 2.00 e. The average Bonchev–Trinajstić information content (AvgIpc) is 3.62. The number of aromatic nitrogens is 2. The third-order valence-corrected chi connectivity index (χ3v) is 10.4. The zero-order valence-electron chi connectivity index (χ0n) is 36.3. The van der Waals surface area contributed by atoms with Gasteiger partial charge in [-0.2, -0.15) is 10.2 Å². The van der Waals surface area contributed by atoms with E-state index in [1.165, 1.54) is 84.4 Å². The van der Waals surface area contributed by atoms with Gasteiger partial charge >= 0.3 is 28.7 Å². The van der Waals surface area contributed by atoms with Crippen molar-refractivity contribution in [3.63, 3.8) is 0 Å². The molecule has 0 unspecified atom stereocenters. The van der Waals surface area contributed by atoms with Crippen molar-refractivity contribution >= 4 is 80.2 Å². The number of rotatable bonds is 12. The third kappa shape index (κ3) is 11.2. The van der Waals surface area contributed by atoms with Crippen LogP contribution in [0.25, 0.3) is 16.5 Å². The van der Waals surface area contributed by atoms with Crippen LogP contribution in [-0.4, -0.2) is 54.5 Å². The predicted octanol–water partition coefficient (Wildman–Crippen LogP) is 9.47. The van der Waals surface area contributed by atoms with E-state index in [1.807, 2.05) is 0 Å². The molecule has 5 N–H and O–H groups in total. The predicted molar refractivity (Wildman–Crippen MR) is 250 cm³/mol. The van der Waals surface area contributed by atoms with Crippen molar-refractivity contribution < 1.29 is 66.3 Å². The summed E-state index contributed by atoms with van der Waals surface area (Å²) in [7, 11) is 0. The molecule has 70 heavy (non-hydrogen) atoms. The number of aryl methyl sites for hydroxylation is 1. The Kier molecular flexibility index (Phi) is 15.6. The van der Waals surface area contributed by atoms with Crippen molar-refractivity contribution in [1.29, 1.82) is 0 Å². The quantitative estimate of drug-likeness (QED) is 0.0567. The van der Waals surface area contributed by atoms with Gasteiger partial charge < -0.3 is 30.8 Å². The second-order valence-corrected chi connectivity index (χ2v) is 15.3. The van der Waals surface area contributed by atoms with E-state index in [4.69, 9.17) is 11.6 Å². The number of hydrogen-bond acceptors (Lipinski definition) is 13. The molecule has 0 saturated carbocycles. The number of aromatic hydroxyl groups is 1. The van der Waals surface area contributed by atoms with Gasteiger partial charge in [-0.25, -0.2) is 14.3 Å². The molecular formula is C50H34ClCoN7O11. The molecule has 0 fully saturated rings. The number of carboxylic acids is 2. The molecule has 18 nitrogen and oxygen atoms in total. The minimum absolute atomic E-state index is 0. The van der Waals surface area contributed by atoms with E-state index in [9.17, 15) is 54.3 Å². The molecule has 1 heterocycles. The topological polar surface area (TPSA) is 291 Å². The molecule has 7 aromatic carbocycles. The number of fused-ring (bicyclic) bond motifs is 1. The molecule has 0 spiro atoms. The number of ketones is 2. The average molecular weight is 1000 g/mol. The van der Waals surface area contributed by atoms with Crippen LogP contribution in [0.2, 0.25) is 5.02 Å². The van der Waals surface area contributed by atoms with Crippen molar-refractivity contribution in [3.8, 4) is 22.9 Å². The number of aromatic amines is 1. The number of aromatic carboxylic acids is 2. The Balaban J connectivity index is 0.000000226. The smallest absolute Gasteiger partial charge is 0.871 e. The molecule has 0 aliphatic carbocycles. The molecule has 0 aliphatic heterocycles. The Morgan fingerprint density at radius 1 is 0.629 bits per heavy atom. The molecule has 0 bridgehead atoms. The van der Waals surface area contributed by atoms with Crippen LogP contribution in [0.15, 0.2) is 165 Å². The first-order valence-electron chi connectivity index (χ1n) is 20.3. The molecule has 1 radical (unpaired) electrons. The Morgan fingerprint density at radius 3 is 1.66 bits per heavy atom. The Morgan fingerprint density at radius 2 is 1.14 bits per heavy atom. The molecule has 0 atom stereocenters. The summed E-state index contributed by atoms with van der Waals surface area (Å²) in [5, 5.41) is 76.6. The number of carbonyl (C=O) groups excluding carboxylic acids is 3. The zero-order chi connectivity index (χ0) is 49.5. The van der Waals surface area contributed by atoms with Gasteiger partial charge in [-0.3, -0.25) is 24.3 Å². The summed E-state index contributed by atoms with van der Waals surface area (Å²) < 4.78 is 1.25. The van der Waals surface area contributed by atoms with Crippen LogP contribution < -0.4 is 21.1 Å². The number of hydrogen-bond donors (Lipinski definition) is 5. The Hall–Kier alpha value is -9.04. The summed E-state index contributed by atoms with van der Waals surface area (Å²) in [6.45, 7) is 2.95. The number of amides is 1. The van der Waals surface area contributed by atoms with E-state index in [2.05, 4.69) is 30.9 Å². The van der Waals surface area contributed by atoms with Crippen molar-refractivity contribution in [1.82, 2.24) is 9.78 Å². The molecule has 20 heteroatoms. The van der Waals surface area contributed by atoms with Crippen molar-refractivity contribution in [2.45, 2.75) is 13.8 Å². The molecule has 1 amide bonds. The van der Waals surface area contributed by atoms with Crippen LogP contribution in [0.3, 0.4) is 0 Å². The van der Waals surface area contributed by atoms with Gasteiger partial charge in [-0.05, 0) is 73.0 Å². The standard InChI is InChI=1S/C26H19N3O6.C24H17ClN4O5.Co/c1-14(30)27-21-10-7-15-6-9-17(31)13-20(15)24(21)29-28-22-12-16(8-11-23(22)32)25(33)18-4-2-3-5-19(18)26(34)35;1-13-21(23(32)29(28-13)16-6-4-5-15(25)12-16)27-26-19-11-14(9-10-20(19)30)22(31)17-7-2-3-8-18(17)24(33)34;/h2-13,31-32H,1H3,(H,27,30)(H,34,35);2-12,28,30H,1H3,(H,33,34);/q;;+2/p-2. The van der Waals surface area contributed by atoms with Gasteiger partial charge in [-0.15, -0.1) is 10.2 Å². The SMILES string of the molecule is CC(=O)Nc1ccc2ccc(O)cc2c1N=Nc1cc(C(=O)c2ccccc2C(=O)O)ccc1[O-].Cc1[nH]n(-c2cccc(Cl)c2)c(=O)c1N=Nc1cc(C(=O)c2ccccc2C(=O)O)ccc1[O-].[Co+2]. The molecule has 0 aliphatic rings. The normalized spacial score (nSPS) is 10.9. The minimum atomic E-state index is -1.25. The second kappa shape index (κ2) is 21.7. The monoisotopic (exact) mass is 1000 g/mol. The summed E-state index contributed by atoms with van der Waals surface area (Å²) in [6.07, 6.45) is 0. The fourth-order valence-electron chi connectivity index (χ4n) is 6.87. The number of carbonyl (C=O) groups is 5. The number of phenolic OH excluding ortho intramolecular Hbond substituents is 1. The summed E-state index contributed by atoms with van der Waals surface area (Å²) in [5.74, 6) is -5.08. The number of H-pyrrole nitrogens is 1.